The summed E-state index contributed by atoms with van der Waals surface area (Å²) >= 11 is 0. The highest BCUT2D eigenvalue weighted by Crippen LogP contribution is 2.36. The normalized spacial score (nSPS) is 13.7. The van der Waals surface area contributed by atoms with Crippen LogP contribution in [0.4, 0.5) is 4.39 Å². The van der Waals surface area contributed by atoms with E-state index in [0.29, 0.717) is 34.8 Å². The molecule has 0 aromatic heterocycles. The van der Waals surface area contributed by atoms with Crippen LogP contribution in [0.25, 0.3) is 11.1 Å². The van der Waals surface area contributed by atoms with Gasteiger partial charge in [-0.2, -0.15) is 0 Å². The van der Waals surface area contributed by atoms with E-state index in [4.69, 9.17) is 14.2 Å². The minimum atomic E-state index is -0.391. The SMILES string of the molecule is COc1ccc(COc2ccc(-c3cc(OC)ccc3F)c(C(=O)C3CCCC3)c2)cc1. The summed E-state index contributed by atoms with van der Waals surface area (Å²) in [5, 5.41) is 0. The molecule has 0 aliphatic heterocycles. The first-order chi connectivity index (χ1) is 15.6. The molecular formula is C27H27FO4. The van der Waals surface area contributed by atoms with Crippen molar-refractivity contribution in [2.45, 2.75) is 32.3 Å². The highest BCUT2D eigenvalue weighted by atomic mass is 19.1. The molecule has 5 heteroatoms. The Hall–Kier alpha value is -3.34. The maximum atomic E-state index is 14.7. The molecule has 4 nitrogen and oxygen atoms in total. The van der Waals surface area contributed by atoms with Gasteiger partial charge in [0.2, 0.25) is 0 Å². The molecule has 0 bridgehead atoms. The molecule has 1 fully saturated rings. The number of Topliss-reactive ketones (excluding diaryl/α,β-unsaturated/α-hetero) is 1. The van der Waals surface area contributed by atoms with Crippen LogP contribution in [0.5, 0.6) is 17.2 Å². The van der Waals surface area contributed by atoms with E-state index < -0.39 is 5.82 Å². The van der Waals surface area contributed by atoms with Gasteiger partial charge in [0.1, 0.15) is 29.7 Å². The van der Waals surface area contributed by atoms with Crippen molar-refractivity contribution in [3.05, 3.63) is 77.6 Å². The van der Waals surface area contributed by atoms with Crippen molar-refractivity contribution in [1.82, 2.24) is 0 Å². The summed E-state index contributed by atoms with van der Waals surface area (Å²) < 4.78 is 31.2. The third-order valence-corrected chi connectivity index (χ3v) is 6.01. The number of benzene rings is 3. The van der Waals surface area contributed by atoms with Crippen LogP contribution >= 0.6 is 0 Å². The Balaban J connectivity index is 1.66. The monoisotopic (exact) mass is 434 g/mol. The molecule has 1 aliphatic rings. The van der Waals surface area contributed by atoms with Crippen LogP contribution in [-0.4, -0.2) is 20.0 Å². The van der Waals surface area contributed by atoms with E-state index in [0.717, 1.165) is 37.0 Å². The summed E-state index contributed by atoms with van der Waals surface area (Å²) in [7, 11) is 3.17. The lowest BCUT2D eigenvalue weighted by atomic mass is 9.89. The third-order valence-electron chi connectivity index (χ3n) is 6.01. The van der Waals surface area contributed by atoms with E-state index in [1.165, 1.54) is 13.2 Å². The zero-order valence-electron chi connectivity index (χ0n) is 18.4. The predicted molar refractivity (Wildman–Crippen MR) is 122 cm³/mol. The van der Waals surface area contributed by atoms with Crippen LogP contribution in [0.3, 0.4) is 0 Å². The fourth-order valence-electron chi connectivity index (χ4n) is 4.19. The predicted octanol–water partition coefficient (Wildman–Crippen LogP) is 6.46. The molecule has 1 aliphatic carbocycles. The number of methoxy groups -OCH3 is 2. The van der Waals surface area contributed by atoms with Gasteiger partial charge >= 0.3 is 0 Å². The molecule has 0 saturated heterocycles. The van der Waals surface area contributed by atoms with E-state index >= 15 is 0 Å². The number of carbonyl (C=O) groups is 1. The van der Waals surface area contributed by atoms with E-state index in [2.05, 4.69) is 0 Å². The van der Waals surface area contributed by atoms with Gasteiger partial charge in [-0.1, -0.05) is 25.0 Å². The number of hydrogen-bond acceptors (Lipinski definition) is 4. The summed E-state index contributed by atoms with van der Waals surface area (Å²) in [6.07, 6.45) is 3.84. The van der Waals surface area contributed by atoms with Gasteiger partial charge in [0.25, 0.3) is 0 Å². The summed E-state index contributed by atoms with van der Waals surface area (Å²) in [5.74, 6) is 1.53. The van der Waals surface area contributed by atoms with Crippen molar-refractivity contribution >= 4 is 5.78 Å². The Bertz CT molecular complexity index is 1090. The molecule has 0 atom stereocenters. The van der Waals surface area contributed by atoms with Gasteiger partial charge in [0.15, 0.2) is 5.78 Å². The average Bonchev–Trinajstić information content (AvgIpc) is 3.38. The van der Waals surface area contributed by atoms with Crippen molar-refractivity contribution in [1.29, 1.82) is 0 Å². The molecule has 3 aromatic rings. The van der Waals surface area contributed by atoms with Crippen LogP contribution < -0.4 is 14.2 Å². The molecule has 0 unspecified atom stereocenters. The summed E-state index contributed by atoms with van der Waals surface area (Å²) in [4.78, 5) is 13.4. The third kappa shape index (κ3) is 4.77. The number of ether oxygens (including phenoxy) is 3. The number of ketones is 1. The van der Waals surface area contributed by atoms with Gasteiger partial charge in [0.05, 0.1) is 14.2 Å². The first-order valence-electron chi connectivity index (χ1n) is 10.9. The maximum Gasteiger partial charge on any atom is 0.166 e. The molecule has 1 saturated carbocycles. The van der Waals surface area contributed by atoms with Crippen LogP contribution in [0.1, 0.15) is 41.6 Å². The summed E-state index contributed by atoms with van der Waals surface area (Å²) in [6.45, 7) is 0.355. The van der Waals surface area contributed by atoms with Crippen LogP contribution in [0.15, 0.2) is 60.7 Å². The van der Waals surface area contributed by atoms with Gasteiger partial charge in [-0.3, -0.25) is 4.79 Å². The number of hydrogen-bond donors (Lipinski definition) is 0. The standard InChI is InChI=1S/C27H27FO4/c1-30-20-9-7-18(8-10-20)17-32-22-11-13-23(24-15-21(31-2)12-14-26(24)28)25(16-22)27(29)19-5-3-4-6-19/h7-16,19H,3-6,17H2,1-2H3. The molecule has 166 valence electrons. The van der Waals surface area contributed by atoms with Crippen molar-refractivity contribution in [2.75, 3.05) is 14.2 Å². The van der Waals surface area contributed by atoms with E-state index in [1.54, 1.807) is 37.4 Å². The van der Waals surface area contributed by atoms with Crippen molar-refractivity contribution in [3.63, 3.8) is 0 Å². The van der Waals surface area contributed by atoms with Crippen molar-refractivity contribution in [2.24, 2.45) is 5.92 Å². The first kappa shape index (κ1) is 21.9. The lowest BCUT2D eigenvalue weighted by Crippen LogP contribution is -2.13. The van der Waals surface area contributed by atoms with Crippen LogP contribution in [-0.2, 0) is 6.61 Å². The first-order valence-corrected chi connectivity index (χ1v) is 10.9. The summed E-state index contributed by atoms with van der Waals surface area (Å²) in [6, 6.07) is 17.5. The minimum absolute atomic E-state index is 0.0285. The molecule has 0 radical (unpaired) electrons. The number of rotatable bonds is 8. The van der Waals surface area contributed by atoms with Gasteiger partial charge in [0, 0.05) is 17.0 Å². The van der Waals surface area contributed by atoms with Gasteiger partial charge in [-0.25, -0.2) is 4.39 Å². The largest absolute Gasteiger partial charge is 0.497 e. The van der Waals surface area contributed by atoms with E-state index in [-0.39, 0.29) is 11.7 Å². The molecule has 4 rings (SSSR count). The van der Waals surface area contributed by atoms with Crippen LogP contribution in [0.2, 0.25) is 0 Å². The quantitative estimate of drug-likeness (QED) is 0.382. The Morgan fingerprint density at radius 2 is 1.50 bits per heavy atom. The van der Waals surface area contributed by atoms with Crippen LogP contribution in [0, 0.1) is 11.7 Å². The molecule has 0 amide bonds. The second kappa shape index (κ2) is 9.86. The fraction of sp³-hybridized carbons (Fsp3) is 0.296. The highest BCUT2D eigenvalue weighted by Gasteiger charge is 2.27. The summed E-state index contributed by atoms with van der Waals surface area (Å²) in [5.41, 5.74) is 2.40. The topological polar surface area (TPSA) is 44.8 Å². The van der Waals surface area contributed by atoms with Gasteiger partial charge < -0.3 is 14.2 Å². The average molecular weight is 435 g/mol. The maximum absolute atomic E-state index is 14.7. The lowest BCUT2D eigenvalue weighted by Gasteiger charge is -2.16. The van der Waals surface area contributed by atoms with Gasteiger partial charge in [-0.15, -0.1) is 0 Å². The number of halogens is 1. The Morgan fingerprint density at radius 3 is 2.19 bits per heavy atom. The van der Waals surface area contributed by atoms with E-state index in [9.17, 15) is 9.18 Å². The lowest BCUT2D eigenvalue weighted by molar-refractivity contribution is 0.0923. The van der Waals surface area contributed by atoms with Gasteiger partial charge in [-0.05, 0) is 72.5 Å². The molecule has 0 N–H and O–H groups in total. The molecule has 3 aromatic carbocycles. The Kier molecular flexibility index (Phi) is 6.74. The smallest absolute Gasteiger partial charge is 0.166 e. The number of carbonyl (C=O) groups excluding carboxylic acids is 1. The van der Waals surface area contributed by atoms with Crippen molar-refractivity contribution < 1.29 is 23.4 Å². The highest BCUT2D eigenvalue weighted by molar-refractivity contribution is 6.04. The molecule has 0 heterocycles. The zero-order valence-corrected chi connectivity index (χ0v) is 18.4. The van der Waals surface area contributed by atoms with E-state index in [1.807, 2.05) is 24.3 Å². The van der Waals surface area contributed by atoms with Crippen molar-refractivity contribution in [3.8, 4) is 28.4 Å². The fourth-order valence-corrected chi connectivity index (χ4v) is 4.19. The Morgan fingerprint density at radius 1 is 0.844 bits per heavy atom. The molecular weight excluding hydrogens is 407 g/mol. The second-order valence-corrected chi connectivity index (χ2v) is 8.04. The molecule has 32 heavy (non-hydrogen) atoms. The molecule has 0 spiro atoms. The Labute approximate surface area is 187 Å². The minimum Gasteiger partial charge on any atom is -0.497 e. The zero-order chi connectivity index (χ0) is 22.5. The second-order valence-electron chi connectivity index (χ2n) is 8.04.